The van der Waals surface area contributed by atoms with E-state index in [0.717, 1.165) is 17.7 Å². The third-order valence-corrected chi connectivity index (χ3v) is 3.23. The first-order valence-electron chi connectivity index (χ1n) is 7.22. The Balaban J connectivity index is 1.84. The fourth-order valence-corrected chi connectivity index (χ4v) is 2.10. The Bertz CT molecular complexity index is 549. The Hall–Kier alpha value is -2.14. The van der Waals surface area contributed by atoms with Crippen molar-refractivity contribution in [2.75, 3.05) is 6.54 Å². The zero-order chi connectivity index (χ0) is 15.1. The van der Waals surface area contributed by atoms with E-state index < -0.39 is 6.10 Å². The van der Waals surface area contributed by atoms with Crippen LogP contribution in [0.1, 0.15) is 25.3 Å². The van der Waals surface area contributed by atoms with Crippen LogP contribution < -0.4 is 5.32 Å². The summed E-state index contributed by atoms with van der Waals surface area (Å²) in [4.78, 5) is 11.8. The molecule has 0 aliphatic carbocycles. The molecule has 21 heavy (non-hydrogen) atoms. The van der Waals surface area contributed by atoms with Crippen LogP contribution in [-0.2, 0) is 11.2 Å². The Kier molecular flexibility index (Phi) is 5.51. The molecule has 5 nitrogen and oxygen atoms in total. The Labute approximate surface area is 124 Å². The Morgan fingerprint density at radius 1 is 1.38 bits per heavy atom. The van der Waals surface area contributed by atoms with Crippen LogP contribution in [0.25, 0.3) is 5.69 Å². The van der Waals surface area contributed by atoms with E-state index in [1.807, 2.05) is 43.5 Å². The number of rotatable bonds is 7. The number of benzene rings is 1. The van der Waals surface area contributed by atoms with Gasteiger partial charge < -0.3 is 10.4 Å². The normalized spacial score (nSPS) is 12.1. The predicted octanol–water partition coefficient (Wildman–Crippen LogP) is 1.69. The standard InChI is InChI=1S/C16H21N3O2/c1-2-4-15(20)12-17-16(21)11-13-5-7-14(8-6-13)19-10-3-9-18-19/h3,5-10,15,20H,2,4,11-12H2,1H3,(H,17,21). The van der Waals surface area contributed by atoms with Gasteiger partial charge in [-0.1, -0.05) is 25.5 Å². The first-order chi connectivity index (χ1) is 10.2. The van der Waals surface area contributed by atoms with Gasteiger partial charge in [0, 0.05) is 18.9 Å². The molecule has 2 aromatic rings. The first kappa shape index (κ1) is 15.3. The number of nitrogens with zero attached hydrogens (tertiary/aromatic N) is 2. The fraction of sp³-hybridized carbons (Fsp3) is 0.375. The van der Waals surface area contributed by atoms with Gasteiger partial charge in [0.2, 0.25) is 5.91 Å². The number of amides is 1. The molecule has 1 aromatic heterocycles. The molecule has 2 N–H and O–H groups in total. The molecular formula is C16H21N3O2. The van der Waals surface area contributed by atoms with Gasteiger partial charge >= 0.3 is 0 Å². The minimum atomic E-state index is -0.457. The van der Waals surface area contributed by atoms with Gasteiger partial charge in [0.1, 0.15) is 0 Å². The van der Waals surface area contributed by atoms with Crippen molar-refractivity contribution in [3.8, 4) is 5.69 Å². The van der Waals surface area contributed by atoms with Crippen LogP contribution in [0.3, 0.4) is 0 Å². The van der Waals surface area contributed by atoms with Gasteiger partial charge in [-0.25, -0.2) is 4.68 Å². The van der Waals surface area contributed by atoms with Crippen molar-refractivity contribution in [1.29, 1.82) is 0 Å². The van der Waals surface area contributed by atoms with Crippen molar-refractivity contribution >= 4 is 5.91 Å². The zero-order valence-corrected chi connectivity index (χ0v) is 12.2. The van der Waals surface area contributed by atoms with Crippen molar-refractivity contribution in [3.05, 3.63) is 48.3 Å². The highest BCUT2D eigenvalue weighted by Gasteiger charge is 2.07. The summed E-state index contributed by atoms with van der Waals surface area (Å²) in [5, 5.41) is 16.5. The highest BCUT2D eigenvalue weighted by molar-refractivity contribution is 5.78. The van der Waals surface area contributed by atoms with Crippen molar-refractivity contribution in [1.82, 2.24) is 15.1 Å². The lowest BCUT2D eigenvalue weighted by atomic mass is 10.1. The summed E-state index contributed by atoms with van der Waals surface area (Å²) < 4.78 is 1.77. The lowest BCUT2D eigenvalue weighted by molar-refractivity contribution is -0.120. The maximum atomic E-state index is 11.8. The van der Waals surface area contributed by atoms with Crippen molar-refractivity contribution in [2.45, 2.75) is 32.3 Å². The summed E-state index contributed by atoms with van der Waals surface area (Å²) in [6, 6.07) is 9.56. The molecule has 0 fully saturated rings. The monoisotopic (exact) mass is 287 g/mol. The number of carbonyl (C=O) groups excluding carboxylic acids is 1. The van der Waals surface area contributed by atoms with Gasteiger partial charge in [0.25, 0.3) is 0 Å². The summed E-state index contributed by atoms with van der Waals surface area (Å²) in [6.07, 6.45) is 5.07. The van der Waals surface area contributed by atoms with E-state index in [0.29, 0.717) is 19.4 Å². The van der Waals surface area contributed by atoms with Crippen molar-refractivity contribution in [3.63, 3.8) is 0 Å². The summed E-state index contributed by atoms with van der Waals surface area (Å²) in [6.45, 7) is 2.32. The number of hydrogen-bond acceptors (Lipinski definition) is 3. The van der Waals surface area contributed by atoms with E-state index in [-0.39, 0.29) is 5.91 Å². The molecule has 0 radical (unpaired) electrons. The Morgan fingerprint density at radius 3 is 2.76 bits per heavy atom. The average molecular weight is 287 g/mol. The van der Waals surface area contributed by atoms with Crippen LogP contribution in [0.15, 0.2) is 42.7 Å². The minimum absolute atomic E-state index is 0.0722. The Morgan fingerprint density at radius 2 is 2.14 bits per heavy atom. The lowest BCUT2D eigenvalue weighted by Gasteiger charge is -2.11. The van der Waals surface area contributed by atoms with Crippen LogP contribution in [0.2, 0.25) is 0 Å². The molecular weight excluding hydrogens is 266 g/mol. The topological polar surface area (TPSA) is 67.2 Å². The third-order valence-electron chi connectivity index (χ3n) is 3.23. The average Bonchev–Trinajstić information content (AvgIpc) is 3.00. The van der Waals surface area contributed by atoms with Gasteiger partial charge in [-0.05, 0) is 30.2 Å². The van der Waals surface area contributed by atoms with Crippen molar-refractivity contribution < 1.29 is 9.90 Å². The summed E-state index contributed by atoms with van der Waals surface area (Å²) in [5.74, 6) is -0.0722. The smallest absolute Gasteiger partial charge is 0.224 e. The zero-order valence-electron chi connectivity index (χ0n) is 12.2. The molecule has 1 atom stereocenters. The van der Waals surface area contributed by atoms with Crippen LogP contribution in [0, 0.1) is 0 Å². The van der Waals surface area contributed by atoms with E-state index in [4.69, 9.17) is 0 Å². The lowest BCUT2D eigenvalue weighted by Crippen LogP contribution is -2.33. The van der Waals surface area contributed by atoms with Gasteiger partial charge in [0.15, 0.2) is 0 Å². The number of hydrogen-bond donors (Lipinski definition) is 2. The highest BCUT2D eigenvalue weighted by atomic mass is 16.3. The second-order valence-corrected chi connectivity index (χ2v) is 5.04. The van der Waals surface area contributed by atoms with Gasteiger partial charge in [-0.2, -0.15) is 5.10 Å². The third kappa shape index (κ3) is 4.72. The molecule has 0 aliphatic rings. The molecule has 1 heterocycles. The van der Waals surface area contributed by atoms with E-state index in [2.05, 4.69) is 10.4 Å². The molecule has 1 unspecified atom stereocenters. The van der Waals surface area contributed by atoms with E-state index in [1.54, 1.807) is 10.9 Å². The highest BCUT2D eigenvalue weighted by Crippen LogP contribution is 2.09. The molecule has 0 bridgehead atoms. The van der Waals surface area contributed by atoms with Gasteiger partial charge in [0.05, 0.1) is 18.2 Å². The first-order valence-corrected chi connectivity index (χ1v) is 7.22. The molecule has 0 aliphatic heterocycles. The second kappa shape index (κ2) is 7.59. The van der Waals surface area contributed by atoms with Crippen LogP contribution >= 0.6 is 0 Å². The van der Waals surface area contributed by atoms with Crippen LogP contribution in [0.4, 0.5) is 0 Å². The molecule has 0 spiro atoms. The van der Waals surface area contributed by atoms with Crippen LogP contribution in [-0.4, -0.2) is 33.4 Å². The van der Waals surface area contributed by atoms with Gasteiger partial charge in [-0.15, -0.1) is 0 Å². The molecule has 1 aromatic carbocycles. The van der Waals surface area contributed by atoms with Crippen molar-refractivity contribution in [2.24, 2.45) is 0 Å². The predicted molar refractivity (Wildman–Crippen MR) is 81.2 cm³/mol. The molecule has 5 heteroatoms. The van der Waals surface area contributed by atoms with E-state index in [1.165, 1.54) is 0 Å². The maximum absolute atomic E-state index is 11.8. The number of aliphatic hydroxyl groups is 1. The summed E-state index contributed by atoms with van der Waals surface area (Å²) in [7, 11) is 0. The fourth-order valence-electron chi connectivity index (χ4n) is 2.10. The number of nitrogens with one attached hydrogen (secondary N) is 1. The van der Waals surface area contributed by atoms with Gasteiger partial charge in [-0.3, -0.25) is 4.79 Å². The number of aliphatic hydroxyl groups excluding tert-OH is 1. The molecule has 0 saturated carbocycles. The quantitative estimate of drug-likeness (QED) is 0.814. The maximum Gasteiger partial charge on any atom is 0.224 e. The minimum Gasteiger partial charge on any atom is -0.391 e. The molecule has 112 valence electrons. The summed E-state index contributed by atoms with van der Waals surface area (Å²) >= 11 is 0. The number of aromatic nitrogens is 2. The summed E-state index contributed by atoms with van der Waals surface area (Å²) in [5.41, 5.74) is 1.90. The number of carbonyl (C=O) groups is 1. The van der Waals surface area contributed by atoms with E-state index in [9.17, 15) is 9.90 Å². The molecule has 1 amide bonds. The van der Waals surface area contributed by atoms with Crippen LogP contribution in [0.5, 0.6) is 0 Å². The molecule has 2 rings (SSSR count). The second-order valence-electron chi connectivity index (χ2n) is 5.04. The SMILES string of the molecule is CCCC(O)CNC(=O)Cc1ccc(-n2cccn2)cc1. The largest absolute Gasteiger partial charge is 0.391 e. The molecule has 0 saturated heterocycles. The van der Waals surface area contributed by atoms with E-state index >= 15 is 0 Å².